The van der Waals surface area contributed by atoms with Gasteiger partial charge in [0.25, 0.3) is 0 Å². The van der Waals surface area contributed by atoms with E-state index in [1.54, 1.807) is 45.0 Å². The molecule has 1 heterocycles. The summed E-state index contributed by atoms with van der Waals surface area (Å²) in [5, 5.41) is 21.6. The monoisotopic (exact) mass is 276 g/mol. The molecule has 0 saturated carbocycles. The number of nitrogens with one attached hydrogen (secondary N) is 2. The van der Waals surface area contributed by atoms with Crippen LogP contribution in [0.15, 0.2) is 24.3 Å². The molecule has 106 valence electrons. The average molecular weight is 276 g/mol. The van der Waals surface area contributed by atoms with Gasteiger partial charge in [-0.05, 0) is 45.0 Å². The maximum Gasteiger partial charge on any atom is 0.505 e. The Morgan fingerprint density at radius 2 is 2.00 bits per heavy atom. The number of rotatable bonds is 2. The summed E-state index contributed by atoms with van der Waals surface area (Å²) in [7, 11) is -1.55. The Bertz CT molecular complexity index is 631. The largest absolute Gasteiger partial charge is 0.505 e. The second kappa shape index (κ2) is 5.18. The van der Waals surface area contributed by atoms with Crippen LogP contribution in [-0.4, -0.2) is 33.8 Å². The van der Waals surface area contributed by atoms with Gasteiger partial charge in [-0.3, -0.25) is 5.32 Å². The topological polar surface area (TPSA) is 94.6 Å². The first-order valence-electron chi connectivity index (χ1n) is 6.23. The van der Waals surface area contributed by atoms with Crippen LogP contribution in [0.1, 0.15) is 20.8 Å². The van der Waals surface area contributed by atoms with E-state index in [4.69, 9.17) is 14.8 Å². The van der Waals surface area contributed by atoms with Crippen molar-refractivity contribution in [2.75, 3.05) is 5.32 Å². The lowest BCUT2D eigenvalue weighted by atomic mass is 9.86. The number of fused-ring (bicyclic) bond motifs is 1. The molecule has 2 rings (SSSR count). The normalized spacial score (nSPS) is 11.4. The van der Waals surface area contributed by atoms with Crippen LogP contribution in [0.2, 0.25) is 0 Å². The Morgan fingerprint density at radius 3 is 2.60 bits per heavy atom. The lowest BCUT2D eigenvalue weighted by molar-refractivity contribution is 0.0636. The van der Waals surface area contributed by atoms with Crippen molar-refractivity contribution >= 4 is 35.4 Å². The fraction of sp³-hybridized carbons (Fsp3) is 0.308. The molecule has 0 fully saturated rings. The first-order valence-corrected chi connectivity index (χ1v) is 6.23. The van der Waals surface area contributed by atoms with Crippen molar-refractivity contribution in [3.05, 3.63) is 24.3 Å². The van der Waals surface area contributed by atoms with Crippen LogP contribution in [0.4, 0.5) is 10.5 Å². The van der Waals surface area contributed by atoms with Gasteiger partial charge in [0.15, 0.2) is 0 Å². The summed E-state index contributed by atoms with van der Waals surface area (Å²) in [4.78, 5) is 14.5. The van der Waals surface area contributed by atoms with E-state index in [0.29, 0.717) is 11.3 Å². The molecule has 1 aromatic carbocycles. The van der Waals surface area contributed by atoms with E-state index in [2.05, 4.69) is 10.3 Å². The highest BCUT2D eigenvalue weighted by Gasteiger charge is 2.17. The summed E-state index contributed by atoms with van der Waals surface area (Å²) in [6, 6.07) is 6.78. The van der Waals surface area contributed by atoms with Gasteiger partial charge in [0.05, 0.1) is 0 Å². The third-order valence-corrected chi connectivity index (χ3v) is 2.57. The predicted molar refractivity (Wildman–Crippen MR) is 78.0 cm³/mol. The van der Waals surface area contributed by atoms with Crippen molar-refractivity contribution in [2.24, 2.45) is 0 Å². The molecule has 0 aliphatic heterocycles. The second-order valence-electron chi connectivity index (χ2n) is 5.53. The van der Waals surface area contributed by atoms with Crippen LogP contribution in [0, 0.1) is 0 Å². The zero-order valence-corrected chi connectivity index (χ0v) is 11.6. The van der Waals surface area contributed by atoms with E-state index in [1.165, 1.54) is 0 Å². The molecule has 4 N–H and O–H groups in total. The summed E-state index contributed by atoms with van der Waals surface area (Å²) < 4.78 is 5.16. The molecule has 20 heavy (non-hydrogen) atoms. The van der Waals surface area contributed by atoms with Gasteiger partial charge in [-0.25, -0.2) is 4.79 Å². The molecule has 6 nitrogen and oxygen atoms in total. The van der Waals surface area contributed by atoms with Gasteiger partial charge in [0, 0.05) is 22.2 Å². The molecule has 0 radical (unpaired) electrons. The van der Waals surface area contributed by atoms with Crippen molar-refractivity contribution in [1.29, 1.82) is 0 Å². The minimum absolute atomic E-state index is 0.300. The van der Waals surface area contributed by atoms with Gasteiger partial charge >= 0.3 is 13.2 Å². The van der Waals surface area contributed by atoms with Crippen LogP contribution in [-0.2, 0) is 4.74 Å². The van der Waals surface area contributed by atoms with E-state index in [9.17, 15) is 4.79 Å². The Balaban J connectivity index is 2.17. The molecule has 0 spiro atoms. The molecule has 0 saturated heterocycles. The fourth-order valence-corrected chi connectivity index (χ4v) is 1.79. The molecule has 0 aliphatic rings. The third-order valence-electron chi connectivity index (χ3n) is 2.57. The number of ether oxygens (including phenoxy) is 1. The van der Waals surface area contributed by atoms with Gasteiger partial charge in [-0.1, -0.05) is 0 Å². The second-order valence-corrected chi connectivity index (χ2v) is 5.53. The number of carbonyl (C=O) groups is 1. The summed E-state index contributed by atoms with van der Waals surface area (Å²) >= 11 is 0. The molecule has 0 atom stereocenters. The zero-order valence-electron chi connectivity index (χ0n) is 11.6. The number of benzene rings is 1. The van der Waals surface area contributed by atoms with E-state index >= 15 is 0 Å². The minimum atomic E-state index is -1.55. The number of amides is 1. The Labute approximate surface area is 116 Å². The van der Waals surface area contributed by atoms with E-state index in [-0.39, 0.29) is 0 Å². The molecule has 0 aliphatic carbocycles. The summed E-state index contributed by atoms with van der Waals surface area (Å²) in [6.45, 7) is 5.37. The van der Waals surface area contributed by atoms with E-state index in [1.807, 2.05) is 0 Å². The van der Waals surface area contributed by atoms with Crippen LogP contribution in [0.3, 0.4) is 0 Å². The maximum absolute atomic E-state index is 11.7. The van der Waals surface area contributed by atoms with Crippen molar-refractivity contribution in [3.63, 3.8) is 0 Å². The molecule has 0 unspecified atom stereocenters. The number of hydrogen-bond acceptors (Lipinski definition) is 4. The summed E-state index contributed by atoms with van der Waals surface area (Å²) in [6.07, 6.45) is -0.533. The van der Waals surface area contributed by atoms with Gasteiger partial charge in [-0.2, -0.15) is 0 Å². The number of carbonyl (C=O) groups excluding carboxylic acids is 1. The lowest BCUT2D eigenvalue weighted by Crippen LogP contribution is -2.30. The van der Waals surface area contributed by atoms with Gasteiger partial charge in [0.1, 0.15) is 5.60 Å². The summed E-state index contributed by atoms with van der Waals surface area (Å²) in [5.41, 5.74) is 1.07. The molecular weight excluding hydrogens is 259 g/mol. The quantitative estimate of drug-likeness (QED) is 0.620. The molecular formula is C13H17BN2O4. The standard InChI is InChI=1S/C13H17BN2O4/c1-13(2,3)20-12(17)15-9-4-5-10-8(6-9)7-11(16-10)14(18)19/h4-7,16,18-19H,1-3H3,(H,15,17). The average Bonchev–Trinajstić information content (AvgIpc) is 2.69. The van der Waals surface area contributed by atoms with Crippen LogP contribution >= 0.6 is 0 Å². The molecule has 7 heteroatoms. The third kappa shape index (κ3) is 3.52. The number of anilines is 1. The van der Waals surface area contributed by atoms with Crippen LogP contribution in [0.5, 0.6) is 0 Å². The highest BCUT2D eigenvalue weighted by molar-refractivity contribution is 6.58. The Morgan fingerprint density at radius 1 is 1.30 bits per heavy atom. The fourth-order valence-electron chi connectivity index (χ4n) is 1.79. The van der Waals surface area contributed by atoms with Crippen molar-refractivity contribution < 1.29 is 19.6 Å². The smallest absolute Gasteiger partial charge is 0.444 e. The molecule has 1 aromatic heterocycles. The number of aromatic amines is 1. The number of hydrogen-bond donors (Lipinski definition) is 4. The van der Waals surface area contributed by atoms with E-state index in [0.717, 1.165) is 10.9 Å². The first-order chi connectivity index (χ1) is 9.24. The number of aromatic nitrogens is 1. The highest BCUT2D eigenvalue weighted by atomic mass is 16.6. The Kier molecular flexibility index (Phi) is 3.74. The zero-order chi connectivity index (χ0) is 14.9. The predicted octanol–water partition coefficient (Wildman–Crippen LogP) is 1.19. The van der Waals surface area contributed by atoms with Gasteiger partial charge in [-0.15, -0.1) is 0 Å². The van der Waals surface area contributed by atoms with Crippen molar-refractivity contribution in [3.8, 4) is 0 Å². The minimum Gasteiger partial charge on any atom is -0.444 e. The van der Waals surface area contributed by atoms with Gasteiger partial charge < -0.3 is 19.8 Å². The van der Waals surface area contributed by atoms with Gasteiger partial charge in [0.2, 0.25) is 0 Å². The first kappa shape index (κ1) is 14.4. The molecule has 2 aromatic rings. The molecule has 1 amide bonds. The van der Waals surface area contributed by atoms with Crippen molar-refractivity contribution in [1.82, 2.24) is 4.98 Å². The van der Waals surface area contributed by atoms with E-state index < -0.39 is 18.8 Å². The number of H-pyrrole nitrogens is 1. The van der Waals surface area contributed by atoms with Crippen LogP contribution < -0.4 is 10.9 Å². The summed E-state index contributed by atoms with van der Waals surface area (Å²) in [5.74, 6) is 0. The van der Waals surface area contributed by atoms with Crippen molar-refractivity contribution in [2.45, 2.75) is 26.4 Å². The molecule has 0 bridgehead atoms. The van der Waals surface area contributed by atoms with Crippen LogP contribution in [0.25, 0.3) is 10.9 Å². The SMILES string of the molecule is CC(C)(C)OC(=O)Nc1ccc2[nH]c(B(O)O)cc2c1. The maximum atomic E-state index is 11.7. The Hall–Kier alpha value is -1.99. The highest BCUT2D eigenvalue weighted by Crippen LogP contribution is 2.18. The lowest BCUT2D eigenvalue weighted by Gasteiger charge is -2.19.